The first-order valence-electron chi connectivity index (χ1n) is 11.3. The van der Waals surface area contributed by atoms with Crippen molar-refractivity contribution in [3.63, 3.8) is 0 Å². The average Bonchev–Trinajstić information content (AvgIpc) is 3.05. The Labute approximate surface area is 215 Å². The van der Waals surface area contributed by atoms with Gasteiger partial charge in [0.1, 0.15) is 4.32 Å². The van der Waals surface area contributed by atoms with E-state index in [1.807, 2.05) is 29.2 Å². The first-order valence-corrected chi connectivity index (χ1v) is 13.5. The smallest absolute Gasteiger partial charge is 0.263 e. The number of rotatable bonds is 3. The molecule has 2 aliphatic heterocycles. The van der Waals surface area contributed by atoms with Gasteiger partial charge in [0.25, 0.3) is 5.91 Å². The molecule has 0 aromatic heterocycles. The molecule has 0 bridgehead atoms. The molecule has 0 radical (unpaired) electrons. The highest BCUT2D eigenvalue weighted by Gasteiger charge is 2.28. The highest BCUT2D eigenvalue weighted by molar-refractivity contribution is 8.26. The van der Waals surface area contributed by atoms with Crippen LogP contribution in [-0.4, -0.2) is 21.9 Å². The van der Waals surface area contributed by atoms with E-state index in [-0.39, 0.29) is 22.6 Å². The van der Waals surface area contributed by atoms with Crippen LogP contribution in [0, 0.1) is 0 Å². The van der Waals surface area contributed by atoms with E-state index in [1.54, 1.807) is 11.8 Å². The zero-order valence-corrected chi connectivity index (χ0v) is 22.9. The van der Waals surface area contributed by atoms with Crippen LogP contribution in [0.2, 0.25) is 0 Å². The number of anilines is 1. The number of hydrogen-bond acceptors (Lipinski definition) is 5. The summed E-state index contributed by atoms with van der Waals surface area (Å²) in [6.07, 6.45) is 1.83. The molecule has 0 spiro atoms. The Morgan fingerprint density at radius 2 is 1.65 bits per heavy atom. The van der Waals surface area contributed by atoms with Gasteiger partial charge in [0.05, 0.1) is 22.9 Å². The minimum absolute atomic E-state index is 0.00906. The number of thiocarbonyl (C=S) groups is 1. The number of carbonyl (C=O) groups is 2. The molecule has 2 heterocycles. The quantitative estimate of drug-likeness (QED) is 0.382. The molecule has 2 aromatic carbocycles. The third kappa shape index (κ3) is 5.42. The summed E-state index contributed by atoms with van der Waals surface area (Å²) in [6.45, 7) is 13.8. The molecule has 4 rings (SSSR count). The maximum Gasteiger partial charge on any atom is 0.263 e. The van der Waals surface area contributed by atoms with Crippen molar-refractivity contribution >= 4 is 63.6 Å². The summed E-state index contributed by atoms with van der Waals surface area (Å²) in [5.41, 5.74) is 5.45. The number of carbonyl (C=O) groups excluding carboxylic acids is 2. The number of benzene rings is 2. The fourth-order valence-electron chi connectivity index (χ4n) is 3.89. The topological polar surface area (TPSA) is 49.4 Å². The van der Waals surface area contributed by atoms with Crippen molar-refractivity contribution in [3.05, 3.63) is 63.6 Å². The molecule has 1 saturated heterocycles. The molecular formula is C27H30N2O2S3. The second-order valence-electron chi connectivity index (χ2n) is 10.8. The van der Waals surface area contributed by atoms with Gasteiger partial charge >= 0.3 is 0 Å². The standard InChI is InChI=1S/C27H30N2O2S3/c1-26(2,3)18-9-17(10-19(13-18)27(4,5)6)14-29-20-11-16(7-8-21(20)33-15-23(29)30)12-22-24(31)28-25(32)34-22/h7-13H,14-15H2,1-6H3,(H,28,31,32)/b22-12+. The molecule has 0 saturated carbocycles. The lowest BCUT2D eigenvalue weighted by Crippen LogP contribution is -2.35. The number of nitrogens with zero attached hydrogens (tertiary/aromatic N) is 1. The minimum atomic E-state index is -0.177. The molecule has 4 nitrogen and oxygen atoms in total. The Kier molecular flexibility index (Phi) is 6.75. The zero-order chi connectivity index (χ0) is 24.8. The molecular weight excluding hydrogens is 481 g/mol. The van der Waals surface area contributed by atoms with Gasteiger partial charge in [-0.1, -0.05) is 89.8 Å². The Balaban J connectivity index is 1.73. The normalized spacial score (nSPS) is 17.9. The summed E-state index contributed by atoms with van der Waals surface area (Å²) in [5, 5.41) is 2.65. The number of nitrogens with one attached hydrogen (secondary N) is 1. The molecule has 0 aliphatic carbocycles. The second-order valence-corrected chi connectivity index (χ2v) is 13.5. The van der Waals surface area contributed by atoms with E-state index in [0.29, 0.717) is 21.5 Å². The van der Waals surface area contributed by atoms with Gasteiger partial charge in [-0.2, -0.15) is 0 Å². The van der Waals surface area contributed by atoms with Crippen LogP contribution in [0.1, 0.15) is 63.8 Å². The predicted molar refractivity (Wildman–Crippen MR) is 149 cm³/mol. The SMILES string of the molecule is CC(C)(C)c1cc(CN2C(=O)CSc3ccc(/C=C4/SC(=S)NC4=O)cc32)cc(C(C)(C)C)c1. The monoisotopic (exact) mass is 510 g/mol. The third-order valence-corrected chi connectivity index (χ3v) is 8.14. The first-order chi connectivity index (χ1) is 15.8. The summed E-state index contributed by atoms with van der Waals surface area (Å²) in [7, 11) is 0. The number of amides is 2. The van der Waals surface area contributed by atoms with Crippen molar-refractivity contribution < 1.29 is 9.59 Å². The maximum atomic E-state index is 13.1. The molecule has 2 aliphatic rings. The van der Waals surface area contributed by atoms with Gasteiger partial charge in [0, 0.05) is 4.90 Å². The molecule has 1 fully saturated rings. The summed E-state index contributed by atoms with van der Waals surface area (Å²) in [4.78, 5) is 28.7. The summed E-state index contributed by atoms with van der Waals surface area (Å²) in [5.74, 6) is 0.337. The minimum Gasteiger partial charge on any atom is -0.307 e. The summed E-state index contributed by atoms with van der Waals surface area (Å²) >= 11 is 7.93. The van der Waals surface area contributed by atoms with Gasteiger partial charge in [-0.05, 0) is 51.3 Å². The van der Waals surface area contributed by atoms with E-state index in [0.717, 1.165) is 21.7 Å². The fourth-order valence-corrected chi connectivity index (χ4v) is 5.85. The van der Waals surface area contributed by atoms with Crippen molar-refractivity contribution in [2.45, 2.75) is 63.8 Å². The van der Waals surface area contributed by atoms with Crippen LogP contribution < -0.4 is 10.2 Å². The highest BCUT2D eigenvalue weighted by atomic mass is 32.2. The fraction of sp³-hybridized carbons (Fsp3) is 0.370. The lowest BCUT2D eigenvalue weighted by Gasteiger charge is -2.31. The van der Waals surface area contributed by atoms with Gasteiger partial charge in [0.15, 0.2) is 0 Å². The average molecular weight is 511 g/mol. The van der Waals surface area contributed by atoms with Crippen molar-refractivity contribution in [2.24, 2.45) is 0 Å². The van der Waals surface area contributed by atoms with Gasteiger partial charge in [-0.15, -0.1) is 11.8 Å². The molecule has 0 unspecified atom stereocenters. The van der Waals surface area contributed by atoms with Crippen LogP contribution in [-0.2, 0) is 27.0 Å². The molecule has 0 atom stereocenters. The molecule has 34 heavy (non-hydrogen) atoms. The highest BCUT2D eigenvalue weighted by Crippen LogP contribution is 2.39. The van der Waals surface area contributed by atoms with E-state index in [2.05, 4.69) is 65.1 Å². The maximum absolute atomic E-state index is 13.1. The predicted octanol–water partition coefficient (Wildman–Crippen LogP) is 6.41. The number of thioether (sulfide) groups is 2. The second kappa shape index (κ2) is 9.17. The van der Waals surface area contributed by atoms with Gasteiger partial charge in [0.2, 0.25) is 5.91 Å². The van der Waals surface area contributed by atoms with Crippen molar-refractivity contribution in [1.82, 2.24) is 5.32 Å². The van der Waals surface area contributed by atoms with E-state index in [4.69, 9.17) is 12.2 Å². The van der Waals surface area contributed by atoms with Crippen molar-refractivity contribution in [3.8, 4) is 0 Å². The van der Waals surface area contributed by atoms with Crippen LogP contribution in [0.5, 0.6) is 0 Å². The third-order valence-electron chi connectivity index (χ3n) is 5.93. The summed E-state index contributed by atoms with van der Waals surface area (Å²) < 4.78 is 0.468. The van der Waals surface area contributed by atoms with Crippen LogP contribution in [0.25, 0.3) is 6.08 Å². The Morgan fingerprint density at radius 3 is 2.21 bits per heavy atom. The molecule has 178 valence electrons. The van der Waals surface area contributed by atoms with E-state index >= 15 is 0 Å². The van der Waals surface area contributed by atoms with Crippen molar-refractivity contribution in [1.29, 1.82) is 0 Å². The lowest BCUT2D eigenvalue weighted by atomic mass is 9.79. The number of fused-ring (bicyclic) bond motifs is 1. The van der Waals surface area contributed by atoms with Crippen LogP contribution in [0.3, 0.4) is 0 Å². The molecule has 7 heteroatoms. The Hall–Kier alpha value is -2.09. The van der Waals surface area contributed by atoms with Crippen LogP contribution in [0.15, 0.2) is 46.2 Å². The van der Waals surface area contributed by atoms with Crippen LogP contribution in [0.4, 0.5) is 5.69 Å². The van der Waals surface area contributed by atoms with E-state index in [1.165, 1.54) is 22.9 Å². The zero-order valence-electron chi connectivity index (χ0n) is 20.4. The van der Waals surface area contributed by atoms with E-state index in [9.17, 15) is 9.59 Å². The Morgan fingerprint density at radius 1 is 1.00 bits per heavy atom. The summed E-state index contributed by atoms with van der Waals surface area (Å²) in [6, 6.07) is 12.8. The lowest BCUT2D eigenvalue weighted by molar-refractivity contribution is -0.116. The van der Waals surface area contributed by atoms with Gasteiger partial charge in [-0.3, -0.25) is 9.59 Å². The molecule has 1 N–H and O–H groups in total. The van der Waals surface area contributed by atoms with Gasteiger partial charge in [-0.25, -0.2) is 0 Å². The van der Waals surface area contributed by atoms with Crippen LogP contribution >= 0.6 is 35.7 Å². The first kappa shape index (κ1) is 25.0. The van der Waals surface area contributed by atoms with Gasteiger partial charge < -0.3 is 10.2 Å². The largest absolute Gasteiger partial charge is 0.307 e. The van der Waals surface area contributed by atoms with E-state index < -0.39 is 0 Å². The molecule has 2 aromatic rings. The number of hydrogen-bond donors (Lipinski definition) is 1. The Bertz CT molecular complexity index is 1190. The van der Waals surface area contributed by atoms with Crippen molar-refractivity contribution in [2.75, 3.05) is 10.7 Å². The molecule has 2 amide bonds.